The number of rotatable bonds is 5. The number of hydrogen-bond donors (Lipinski definition) is 2. The van der Waals surface area contributed by atoms with Crippen LogP contribution in [0.5, 0.6) is 0 Å². The highest BCUT2D eigenvalue weighted by atomic mass is 16.5. The van der Waals surface area contributed by atoms with Crippen LogP contribution in [0.25, 0.3) is 10.9 Å². The van der Waals surface area contributed by atoms with Crippen LogP contribution in [-0.4, -0.2) is 40.8 Å². The van der Waals surface area contributed by atoms with Crippen LogP contribution in [0.4, 0.5) is 28.8 Å². The van der Waals surface area contributed by atoms with Gasteiger partial charge in [-0.3, -0.25) is 0 Å². The lowest BCUT2D eigenvalue weighted by molar-refractivity contribution is 0.122. The minimum atomic E-state index is 0.555. The van der Waals surface area contributed by atoms with Gasteiger partial charge in [0.2, 0.25) is 5.95 Å². The molecule has 1 aliphatic rings. The third kappa shape index (κ3) is 3.92. The van der Waals surface area contributed by atoms with Gasteiger partial charge in [0.15, 0.2) is 0 Å². The fourth-order valence-corrected chi connectivity index (χ4v) is 3.70. The Morgan fingerprint density at radius 2 is 1.70 bits per heavy atom. The summed E-state index contributed by atoms with van der Waals surface area (Å²) < 4.78 is 7.53. The number of fused-ring (bicyclic) bond motifs is 1. The van der Waals surface area contributed by atoms with Crippen molar-refractivity contribution >= 4 is 39.7 Å². The first kappa shape index (κ1) is 18.4. The van der Waals surface area contributed by atoms with Crippen molar-refractivity contribution in [3.05, 3.63) is 67.0 Å². The number of nitrogens with one attached hydrogen (secondary N) is 2. The van der Waals surface area contributed by atoms with E-state index in [1.165, 1.54) is 16.6 Å². The summed E-state index contributed by atoms with van der Waals surface area (Å²) in [6.45, 7) is 3.42. The highest BCUT2D eigenvalue weighted by Gasteiger charge is 2.11. The Labute approximate surface area is 175 Å². The molecule has 152 valence electrons. The quantitative estimate of drug-likeness (QED) is 0.521. The monoisotopic (exact) mass is 400 g/mol. The lowest BCUT2D eigenvalue weighted by atomic mass is 10.2. The van der Waals surface area contributed by atoms with Crippen molar-refractivity contribution < 1.29 is 4.74 Å². The van der Waals surface area contributed by atoms with Crippen molar-refractivity contribution in [1.29, 1.82) is 0 Å². The summed E-state index contributed by atoms with van der Waals surface area (Å²) in [7, 11) is 2.05. The second-order valence-corrected chi connectivity index (χ2v) is 7.36. The van der Waals surface area contributed by atoms with E-state index < -0.39 is 0 Å². The van der Waals surface area contributed by atoms with Crippen molar-refractivity contribution in [2.75, 3.05) is 41.8 Å². The second-order valence-electron chi connectivity index (χ2n) is 7.36. The van der Waals surface area contributed by atoms with Crippen LogP contribution in [0.15, 0.2) is 67.0 Å². The molecule has 0 unspecified atom stereocenters. The van der Waals surface area contributed by atoms with E-state index in [2.05, 4.69) is 84.8 Å². The van der Waals surface area contributed by atoms with Gasteiger partial charge in [0.05, 0.1) is 13.2 Å². The predicted octanol–water partition coefficient (Wildman–Crippen LogP) is 4.29. The van der Waals surface area contributed by atoms with Gasteiger partial charge in [0.1, 0.15) is 5.82 Å². The maximum Gasteiger partial charge on any atom is 0.229 e. The summed E-state index contributed by atoms with van der Waals surface area (Å²) in [5, 5.41) is 7.84. The van der Waals surface area contributed by atoms with Crippen molar-refractivity contribution in [3.63, 3.8) is 0 Å². The number of hydrogen-bond acceptors (Lipinski definition) is 6. The summed E-state index contributed by atoms with van der Waals surface area (Å²) in [6, 6.07) is 18.6. The third-order valence-corrected chi connectivity index (χ3v) is 5.31. The molecule has 2 aromatic heterocycles. The van der Waals surface area contributed by atoms with E-state index in [-0.39, 0.29) is 0 Å². The molecular formula is C23H24N6O. The average Bonchev–Trinajstić information content (AvgIpc) is 3.15. The van der Waals surface area contributed by atoms with Crippen molar-refractivity contribution in [2.45, 2.75) is 0 Å². The lowest BCUT2D eigenvalue weighted by Crippen LogP contribution is -2.36. The van der Waals surface area contributed by atoms with Crippen LogP contribution in [0, 0.1) is 0 Å². The Balaban J connectivity index is 1.28. The largest absolute Gasteiger partial charge is 0.378 e. The number of nitrogens with zero attached hydrogens (tertiary/aromatic N) is 4. The summed E-state index contributed by atoms with van der Waals surface area (Å²) in [5.41, 5.74) is 4.35. The van der Waals surface area contributed by atoms with Gasteiger partial charge in [-0.15, -0.1) is 0 Å². The first-order chi connectivity index (χ1) is 14.7. The van der Waals surface area contributed by atoms with Gasteiger partial charge >= 0.3 is 0 Å². The van der Waals surface area contributed by atoms with Crippen LogP contribution >= 0.6 is 0 Å². The number of ether oxygens (including phenoxy) is 1. The molecule has 0 saturated carbocycles. The highest BCUT2D eigenvalue weighted by Crippen LogP contribution is 2.24. The van der Waals surface area contributed by atoms with Crippen molar-refractivity contribution in [2.24, 2.45) is 7.05 Å². The van der Waals surface area contributed by atoms with Crippen LogP contribution in [0.2, 0.25) is 0 Å². The Morgan fingerprint density at radius 1 is 0.900 bits per heavy atom. The van der Waals surface area contributed by atoms with E-state index in [0.717, 1.165) is 43.5 Å². The Kier molecular flexibility index (Phi) is 4.94. The number of benzene rings is 2. The summed E-state index contributed by atoms with van der Waals surface area (Å²) in [4.78, 5) is 11.3. The van der Waals surface area contributed by atoms with Crippen LogP contribution in [0.1, 0.15) is 0 Å². The fraction of sp³-hybridized carbons (Fsp3) is 0.217. The molecule has 1 aliphatic heterocycles. The van der Waals surface area contributed by atoms with Gasteiger partial charge in [-0.2, -0.15) is 4.98 Å². The van der Waals surface area contributed by atoms with Gasteiger partial charge in [0, 0.05) is 60.5 Å². The van der Waals surface area contributed by atoms with Crippen LogP contribution < -0.4 is 15.5 Å². The minimum absolute atomic E-state index is 0.555. The smallest absolute Gasteiger partial charge is 0.229 e. The number of anilines is 5. The Hall–Kier alpha value is -3.58. The molecule has 1 fully saturated rings. The second kappa shape index (κ2) is 8.04. The van der Waals surface area contributed by atoms with Gasteiger partial charge < -0.3 is 24.8 Å². The van der Waals surface area contributed by atoms with E-state index in [0.29, 0.717) is 5.95 Å². The van der Waals surface area contributed by atoms with Gasteiger partial charge in [-0.05, 0) is 54.6 Å². The Morgan fingerprint density at radius 3 is 2.53 bits per heavy atom. The predicted molar refractivity (Wildman–Crippen MR) is 121 cm³/mol. The molecule has 4 aromatic rings. The number of aromatic nitrogens is 3. The molecule has 5 rings (SSSR count). The summed E-state index contributed by atoms with van der Waals surface area (Å²) in [6.07, 6.45) is 3.81. The molecule has 7 heteroatoms. The summed E-state index contributed by atoms with van der Waals surface area (Å²) in [5.74, 6) is 1.30. The zero-order chi connectivity index (χ0) is 20.3. The standard InChI is InChI=1S/C23H24N6O/c1-28-11-9-17-16-19(4-7-21(17)28)25-22-8-10-24-23(27-22)26-18-2-5-20(6-3-18)29-12-14-30-15-13-29/h2-11,16H,12-15H2,1H3,(H2,24,25,26,27). The molecule has 30 heavy (non-hydrogen) atoms. The molecule has 0 radical (unpaired) electrons. The number of aryl methyl sites for hydroxylation is 1. The van der Waals surface area contributed by atoms with Gasteiger partial charge in [-0.1, -0.05) is 0 Å². The molecule has 0 aliphatic carbocycles. The van der Waals surface area contributed by atoms with Crippen molar-refractivity contribution in [1.82, 2.24) is 14.5 Å². The first-order valence-electron chi connectivity index (χ1n) is 10.1. The maximum atomic E-state index is 5.42. The maximum absolute atomic E-state index is 5.42. The zero-order valence-electron chi connectivity index (χ0n) is 16.9. The highest BCUT2D eigenvalue weighted by molar-refractivity contribution is 5.84. The molecule has 2 aromatic carbocycles. The molecule has 3 heterocycles. The van der Waals surface area contributed by atoms with E-state index in [1.807, 2.05) is 13.1 Å². The third-order valence-electron chi connectivity index (χ3n) is 5.31. The fourth-order valence-electron chi connectivity index (χ4n) is 3.70. The average molecular weight is 400 g/mol. The molecule has 0 amide bonds. The van der Waals surface area contributed by atoms with E-state index >= 15 is 0 Å². The summed E-state index contributed by atoms with van der Waals surface area (Å²) >= 11 is 0. The molecule has 1 saturated heterocycles. The van der Waals surface area contributed by atoms with E-state index in [1.54, 1.807) is 6.20 Å². The molecule has 2 N–H and O–H groups in total. The molecule has 7 nitrogen and oxygen atoms in total. The molecular weight excluding hydrogens is 376 g/mol. The van der Waals surface area contributed by atoms with Crippen molar-refractivity contribution in [3.8, 4) is 0 Å². The molecule has 0 atom stereocenters. The SMILES string of the molecule is Cn1ccc2cc(Nc3ccnc(Nc4ccc(N5CCOCC5)cc4)n3)ccc21. The van der Waals surface area contributed by atoms with Gasteiger partial charge in [-0.25, -0.2) is 4.98 Å². The van der Waals surface area contributed by atoms with Gasteiger partial charge in [0.25, 0.3) is 0 Å². The van der Waals surface area contributed by atoms with E-state index in [9.17, 15) is 0 Å². The minimum Gasteiger partial charge on any atom is -0.378 e. The zero-order valence-corrected chi connectivity index (χ0v) is 16.9. The number of morpholine rings is 1. The first-order valence-corrected chi connectivity index (χ1v) is 10.1. The van der Waals surface area contributed by atoms with E-state index in [4.69, 9.17) is 4.74 Å². The van der Waals surface area contributed by atoms with Crippen LogP contribution in [0.3, 0.4) is 0 Å². The normalized spacial score (nSPS) is 14.1. The topological polar surface area (TPSA) is 67.2 Å². The molecule has 0 spiro atoms. The molecule has 0 bridgehead atoms. The lowest BCUT2D eigenvalue weighted by Gasteiger charge is -2.28. The van der Waals surface area contributed by atoms with Crippen LogP contribution in [-0.2, 0) is 11.8 Å². The Bertz CT molecular complexity index is 1150.